The lowest BCUT2D eigenvalue weighted by Crippen LogP contribution is -2.36. The fourth-order valence-electron chi connectivity index (χ4n) is 1.88. The molecule has 0 fully saturated rings. The van der Waals surface area contributed by atoms with Crippen LogP contribution in [0.4, 0.5) is 8.78 Å². The topological polar surface area (TPSA) is 24.1 Å². The van der Waals surface area contributed by atoms with Crippen LogP contribution < -0.4 is 10.6 Å². The van der Waals surface area contributed by atoms with Gasteiger partial charge in [-0.25, -0.2) is 8.78 Å². The lowest BCUT2D eigenvalue weighted by molar-refractivity contribution is 0.617. The number of hydrogen-bond donors (Lipinski definition) is 2. The highest BCUT2D eigenvalue weighted by molar-refractivity contribution is 7.98. The van der Waals surface area contributed by atoms with Crippen molar-refractivity contribution in [3.05, 3.63) is 71.3 Å². The summed E-state index contributed by atoms with van der Waals surface area (Å²) in [7, 11) is 0. The average molecular weight is 352 g/mol. The van der Waals surface area contributed by atoms with Crippen molar-refractivity contribution in [3.8, 4) is 0 Å². The lowest BCUT2D eigenvalue weighted by Gasteiger charge is -2.10. The number of hydrogen-bond acceptors (Lipinski definition) is 2. The van der Waals surface area contributed by atoms with Gasteiger partial charge in [0.05, 0.1) is 0 Å². The van der Waals surface area contributed by atoms with Crippen molar-refractivity contribution in [2.45, 2.75) is 12.3 Å². The zero-order valence-electron chi connectivity index (χ0n) is 12.5. The highest BCUT2D eigenvalue weighted by Crippen LogP contribution is 2.14. The monoisotopic (exact) mass is 352 g/mol. The maximum atomic E-state index is 13.4. The highest BCUT2D eigenvalue weighted by Gasteiger charge is 2.01. The van der Waals surface area contributed by atoms with Gasteiger partial charge < -0.3 is 10.6 Å². The molecular formula is C17H18F2N2S2. The molecule has 2 N–H and O–H groups in total. The van der Waals surface area contributed by atoms with Crippen molar-refractivity contribution < 1.29 is 8.78 Å². The lowest BCUT2D eigenvalue weighted by atomic mass is 10.2. The van der Waals surface area contributed by atoms with Gasteiger partial charge in [0, 0.05) is 24.6 Å². The first-order valence-electron chi connectivity index (χ1n) is 7.22. The quantitative estimate of drug-likeness (QED) is 0.584. The van der Waals surface area contributed by atoms with Gasteiger partial charge >= 0.3 is 0 Å². The second kappa shape index (κ2) is 9.47. The molecule has 0 amide bonds. The summed E-state index contributed by atoms with van der Waals surface area (Å²) in [6.07, 6.45) is 0. The molecule has 23 heavy (non-hydrogen) atoms. The zero-order chi connectivity index (χ0) is 16.5. The van der Waals surface area contributed by atoms with E-state index in [0.717, 1.165) is 16.9 Å². The van der Waals surface area contributed by atoms with Crippen LogP contribution in [0, 0.1) is 11.6 Å². The molecular weight excluding hydrogens is 334 g/mol. The molecule has 0 bridgehead atoms. The van der Waals surface area contributed by atoms with E-state index in [1.54, 1.807) is 36.0 Å². The number of nitrogens with one attached hydrogen (secondary N) is 2. The average Bonchev–Trinajstić information content (AvgIpc) is 2.55. The minimum atomic E-state index is -0.249. The van der Waals surface area contributed by atoms with Crippen molar-refractivity contribution >= 4 is 29.1 Å². The molecule has 2 aromatic rings. The van der Waals surface area contributed by atoms with Crippen molar-refractivity contribution in [3.63, 3.8) is 0 Å². The van der Waals surface area contributed by atoms with E-state index in [-0.39, 0.29) is 11.6 Å². The van der Waals surface area contributed by atoms with Gasteiger partial charge in [0.2, 0.25) is 0 Å². The van der Waals surface area contributed by atoms with E-state index in [4.69, 9.17) is 12.2 Å². The molecule has 0 saturated heterocycles. The maximum Gasteiger partial charge on any atom is 0.166 e. The third-order valence-corrected chi connectivity index (χ3v) is 4.41. The summed E-state index contributed by atoms with van der Waals surface area (Å²) in [6.45, 7) is 1.25. The summed E-state index contributed by atoms with van der Waals surface area (Å²) < 4.78 is 26.2. The highest BCUT2D eigenvalue weighted by atomic mass is 32.2. The summed E-state index contributed by atoms with van der Waals surface area (Å²) in [6, 6.07) is 13.1. The van der Waals surface area contributed by atoms with Crippen LogP contribution in [0.15, 0.2) is 48.5 Å². The molecule has 2 aromatic carbocycles. The fourth-order valence-corrected chi connectivity index (χ4v) is 2.90. The Kier molecular flexibility index (Phi) is 7.29. The van der Waals surface area contributed by atoms with Gasteiger partial charge in [0.15, 0.2) is 5.11 Å². The Hall–Kier alpha value is -1.66. The molecule has 6 heteroatoms. The number of halogens is 2. The van der Waals surface area contributed by atoms with E-state index in [1.807, 2.05) is 6.07 Å². The molecule has 2 rings (SSSR count). The van der Waals surface area contributed by atoms with Gasteiger partial charge in [-0.2, -0.15) is 11.8 Å². The van der Waals surface area contributed by atoms with Gasteiger partial charge in [-0.1, -0.05) is 30.3 Å². The minimum Gasteiger partial charge on any atom is -0.362 e. The van der Waals surface area contributed by atoms with Gasteiger partial charge in [-0.15, -0.1) is 0 Å². The molecule has 0 radical (unpaired) electrons. The maximum absolute atomic E-state index is 13.4. The van der Waals surface area contributed by atoms with Crippen LogP contribution in [-0.2, 0) is 12.3 Å². The molecule has 0 heterocycles. The largest absolute Gasteiger partial charge is 0.362 e. The van der Waals surface area contributed by atoms with Crippen LogP contribution in [0.1, 0.15) is 11.1 Å². The smallest absolute Gasteiger partial charge is 0.166 e. The van der Waals surface area contributed by atoms with Gasteiger partial charge in [-0.05, 0) is 41.5 Å². The summed E-state index contributed by atoms with van der Waals surface area (Å²) in [5.74, 6) is 1.06. The Labute approximate surface area is 144 Å². The molecule has 0 unspecified atom stereocenters. The Balaban J connectivity index is 1.58. The molecule has 0 saturated carbocycles. The molecule has 2 nitrogen and oxygen atoms in total. The summed E-state index contributed by atoms with van der Waals surface area (Å²) in [4.78, 5) is 0. The third-order valence-electron chi connectivity index (χ3n) is 3.11. The summed E-state index contributed by atoms with van der Waals surface area (Å²) >= 11 is 6.82. The molecule has 122 valence electrons. The van der Waals surface area contributed by atoms with Crippen molar-refractivity contribution in [2.75, 3.05) is 12.3 Å². The number of rotatable bonds is 7. The van der Waals surface area contributed by atoms with Crippen LogP contribution in [0.3, 0.4) is 0 Å². The molecule has 0 spiro atoms. The van der Waals surface area contributed by atoms with E-state index in [9.17, 15) is 8.78 Å². The first-order valence-corrected chi connectivity index (χ1v) is 8.79. The summed E-state index contributed by atoms with van der Waals surface area (Å²) in [5, 5.41) is 6.72. The van der Waals surface area contributed by atoms with Crippen molar-refractivity contribution in [1.82, 2.24) is 10.6 Å². The molecule has 0 aliphatic carbocycles. The van der Waals surface area contributed by atoms with Crippen molar-refractivity contribution in [2.24, 2.45) is 0 Å². The first kappa shape index (κ1) is 17.7. The number of thiocarbonyl (C=S) groups is 1. The minimum absolute atomic E-state index is 0.163. The van der Waals surface area contributed by atoms with E-state index in [1.165, 1.54) is 18.2 Å². The van der Waals surface area contributed by atoms with Crippen LogP contribution in [0.2, 0.25) is 0 Å². The van der Waals surface area contributed by atoms with Gasteiger partial charge in [0.1, 0.15) is 11.6 Å². The van der Waals surface area contributed by atoms with Crippen LogP contribution in [0.5, 0.6) is 0 Å². The number of benzene rings is 2. The number of thioether (sulfide) groups is 1. The van der Waals surface area contributed by atoms with E-state index >= 15 is 0 Å². The van der Waals surface area contributed by atoms with Gasteiger partial charge in [0.25, 0.3) is 0 Å². The van der Waals surface area contributed by atoms with Crippen molar-refractivity contribution in [1.29, 1.82) is 0 Å². The third kappa shape index (κ3) is 6.54. The zero-order valence-corrected chi connectivity index (χ0v) is 14.2. The Morgan fingerprint density at radius 3 is 2.48 bits per heavy atom. The second-order valence-electron chi connectivity index (χ2n) is 4.88. The van der Waals surface area contributed by atoms with Crippen LogP contribution >= 0.6 is 24.0 Å². The standard InChI is InChI=1S/C17H18F2N2S2/c18-15-7-5-13(6-8-15)11-21-17(22)20-9-10-23-12-14-3-1-2-4-16(14)19/h1-8H,9-12H2,(H2,20,21,22). The SMILES string of the molecule is Fc1ccc(CNC(=S)NCCSCc2ccccc2F)cc1. The Bertz CT molecular complexity index is 633. The molecule has 0 aliphatic rings. The van der Waals surface area contributed by atoms with Crippen LogP contribution in [-0.4, -0.2) is 17.4 Å². The normalized spacial score (nSPS) is 10.3. The fraction of sp³-hybridized carbons (Fsp3) is 0.235. The molecule has 0 aromatic heterocycles. The van der Waals surface area contributed by atoms with E-state index < -0.39 is 0 Å². The van der Waals surface area contributed by atoms with Gasteiger partial charge in [-0.3, -0.25) is 0 Å². The Morgan fingerprint density at radius 2 is 1.74 bits per heavy atom. The predicted molar refractivity (Wildman–Crippen MR) is 96.4 cm³/mol. The second-order valence-corrected chi connectivity index (χ2v) is 6.39. The predicted octanol–water partition coefficient (Wildman–Crippen LogP) is 3.86. The molecule has 0 atom stereocenters. The summed E-state index contributed by atoms with van der Waals surface area (Å²) in [5.41, 5.74) is 1.68. The van der Waals surface area contributed by atoms with E-state index in [0.29, 0.717) is 24.0 Å². The van der Waals surface area contributed by atoms with E-state index in [2.05, 4.69) is 10.6 Å². The Morgan fingerprint density at radius 1 is 1.00 bits per heavy atom. The first-order chi connectivity index (χ1) is 11.1. The van der Waals surface area contributed by atoms with Crippen LogP contribution in [0.25, 0.3) is 0 Å². The molecule has 0 aliphatic heterocycles.